The number of rotatable bonds is 4. The molecule has 0 heterocycles. The zero-order chi connectivity index (χ0) is 11.1. The van der Waals surface area contributed by atoms with Gasteiger partial charge in [0.25, 0.3) is 5.91 Å². The zero-order valence-corrected chi connectivity index (χ0v) is 8.85. The number of hydrogen-bond acceptors (Lipinski definition) is 3. The van der Waals surface area contributed by atoms with Gasteiger partial charge < -0.3 is 16.5 Å². The van der Waals surface area contributed by atoms with Crippen molar-refractivity contribution in [2.75, 3.05) is 0 Å². The summed E-state index contributed by atoms with van der Waals surface area (Å²) in [6.45, 7) is 5.54. The Labute approximate surface area is 84.4 Å². The minimum Gasteiger partial charge on any atom is -0.394 e. The van der Waals surface area contributed by atoms with Crippen molar-refractivity contribution in [1.82, 2.24) is 5.32 Å². The standard InChI is InChI=1S/C10H17N3O/c1-4-7(2)6-13-10(14)9(12)8(3)5-11/h5-6,11H,4,12H2,1-3H3,(H,13,14)/b7-6-,9-8-,11-5?. The Bertz CT molecular complexity index is 290. The van der Waals surface area contributed by atoms with Gasteiger partial charge in [0.15, 0.2) is 0 Å². The first-order valence-electron chi connectivity index (χ1n) is 4.46. The van der Waals surface area contributed by atoms with Crippen LogP contribution in [0.4, 0.5) is 0 Å². The first-order valence-corrected chi connectivity index (χ1v) is 4.46. The molecule has 1 amide bonds. The number of nitrogens with two attached hydrogens (primary N) is 1. The predicted molar refractivity (Wildman–Crippen MR) is 57.9 cm³/mol. The van der Waals surface area contributed by atoms with E-state index in [4.69, 9.17) is 11.1 Å². The summed E-state index contributed by atoms with van der Waals surface area (Å²) in [5, 5.41) is 9.49. The summed E-state index contributed by atoms with van der Waals surface area (Å²) in [6.07, 6.45) is 3.57. The Hall–Kier alpha value is -1.58. The fourth-order valence-corrected chi connectivity index (χ4v) is 0.625. The quantitative estimate of drug-likeness (QED) is 0.467. The van der Waals surface area contributed by atoms with Crippen molar-refractivity contribution in [1.29, 1.82) is 5.41 Å². The second-order valence-electron chi connectivity index (χ2n) is 3.06. The van der Waals surface area contributed by atoms with Gasteiger partial charge in [0.2, 0.25) is 0 Å². The largest absolute Gasteiger partial charge is 0.394 e. The van der Waals surface area contributed by atoms with Crippen LogP contribution in [0.25, 0.3) is 0 Å². The van der Waals surface area contributed by atoms with E-state index in [-0.39, 0.29) is 11.6 Å². The van der Waals surface area contributed by atoms with Crippen LogP contribution in [-0.2, 0) is 4.79 Å². The Balaban J connectivity index is 4.45. The topological polar surface area (TPSA) is 79.0 Å². The molecule has 0 bridgehead atoms. The summed E-state index contributed by atoms with van der Waals surface area (Å²) in [5.41, 5.74) is 7.10. The third-order valence-corrected chi connectivity index (χ3v) is 1.89. The van der Waals surface area contributed by atoms with Crippen LogP contribution >= 0.6 is 0 Å². The molecule has 0 aromatic rings. The minimum atomic E-state index is -0.362. The Morgan fingerprint density at radius 1 is 1.50 bits per heavy atom. The van der Waals surface area contributed by atoms with Crippen LogP contribution in [0.3, 0.4) is 0 Å². The van der Waals surface area contributed by atoms with Crippen LogP contribution < -0.4 is 11.1 Å². The van der Waals surface area contributed by atoms with E-state index >= 15 is 0 Å². The van der Waals surface area contributed by atoms with Crippen molar-refractivity contribution >= 4 is 12.1 Å². The smallest absolute Gasteiger partial charge is 0.271 e. The predicted octanol–water partition coefficient (Wildman–Crippen LogP) is 1.30. The molecule has 0 spiro atoms. The normalized spacial score (nSPS) is 13.2. The molecular formula is C10H17N3O. The summed E-state index contributed by atoms with van der Waals surface area (Å²) in [5.74, 6) is -0.362. The van der Waals surface area contributed by atoms with Gasteiger partial charge in [-0.2, -0.15) is 0 Å². The number of carbonyl (C=O) groups excluding carboxylic acids is 1. The lowest BCUT2D eigenvalue weighted by molar-refractivity contribution is -0.116. The Kier molecular flexibility index (Phi) is 5.29. The number of amides is 1. The maximum absolute atomic E-state index is 11.3. The van der Waals surface area contributed by atoms with Gasteiger partial charge in [-0.25, -0.2) is 0 Å². The maximum atomic E-state index is 11.3. The van der Waals surface area contributed by atoms with E-state index in [0.29, 0.717) is 5.57 Å². The van der Waals surface area contributed by atoms with Gasteiger partial charge >= 0.3 is 0 Å². The summed E-state index contributed by atoms with van der Waals surface area (Å²) in [4.78, 5) is 11.3. The van der Waals surface area contributed by atoms with E-state index in [1.54, 1.807) is 13.1 Å². The fraction of sp³-hybridized carbons (Fsp3) is 0.400. The maximum Gasteiger partial charge on any atom is 0.271 e. The molecule has 0 aliphatic carbocycles. The number of nitrogens with one attached hydrogen (secondary N) is 2. The monoisotopic (exact) mass is 195 g/mol. The van der Waals surface area contributed by atoms with Crippen molar-refractivity contribution in [3.63, 3.8) is 0 Å². The molecule has 4 nitrogen and oxygen atoms in total. The van der Waals surface area contributed by atoms with E-state index in [0.717, 1.165) is 18.2 Å². The van der Waals surface area contributed by atoms with Crippen LogP contribution in [-0.4, -0.2) is 12.1 Å². The molecule has 0 fully saturated rings. The van der Waals surface area contributed by atoms with Gasteiger partial charge in [0, 0.05) is 12.4 Å². The first kappa shape index (κ1) is 12.4. The van der Waals surface area contributed by atoms with Gasteiger partial charge in [-0.1, -0.05) is 12.5 Å². The van der Waals surface area contributed by atoms with Crippen molar-refractivity contribution in [3.8, 4) is 0 Å². The average molecular weight is 195 g/mol. The molecule has 0 aliphatic heterocycles. The molecule has 0 unspecified atom stereocenters. The lowest BCUT2D eigenvalue weighted by Gasteiger charge is -2.03. The van der Waals surface area contributed by atoms with Crippen LogP contribution in [0.2, 0.25) is 0 Å². The third kappa shape index (κ3) is 3.89. The third-order valence-electron chi connectivity index (χ3n) is 1.89. The van der Waals surface area contributed by atoms with Gasteiger partial charge in [-0.05, 0) is 25.8 Å². The molecule has 0 atom stereocenters. The second kappa shape index (κ2) is 5.96. The van der Waals surface area contributed by atoms with Crippen molar-refractivity contribution in [2.24, 2.45) is 5.73 Å². The number of carbonyl (C=O) groups is 1. The van der Waals surface area contributed by atoms with Crippen LogP contribution in [0.15, 0.2) is 23.0 Å². The van der Waals surface area contributed by atoms with Gasteiger partial charge in [-0.15, -0.1) is 0 Å². The zero-order valence-electron chi connectivity index (χ0n) is 8.85. The van der Waals surface area contributed by atoms with E-state index in [1.165, 1.54) is 0 Å². The molecule has 78 valence electrons. The molecule has 0 aromatic carbocycles. The highest BCUT2D eigenvalue weighted by Gasteiger charge is 2.05. The minimum absolute atomic E-state index is 0.0835. The Morgan fingerprint density at radius 2 is 2.07 bits per heavy atom. The molecule has 0 aromatic heterocycles. The lowest BCUT2D eigenvalue weighted by Crippen LogP contribution is -2.25. The molecule has 0 aliphatic rings. The van der Waals surface area contributed by atoms with E-state index in [2.05, 4.69) is 5.32 Å². The fourth-order valence-electron chi connectivity index (χ4n) is 0.625. The van der Waals surface area contributed by atoms with Crippen LogP contribution in [0, 0.1) is 5.41 Å². The first-order chi connectivity index (χ1) is 6.52. The summed E-state index contributed by atoms with van der Waals surface area (Å²) in [7, 11) is 0. The van der Waals surface area contributed by atoms with Crippen molar-refractivity contribution < 1.29 is 4.79 Å². The number of allylic oxidation sites excluding steroid dienone is 2. The second-order valence-corrected chi connectivity index (χ2v) is 3.06. The van der Waals surface area contributed by atoms with Gasteiger partial charge in [0.05, 0.1) is 0 Å². The molecule has 4 heteroatoms. The van der Waals surface area contributed by atoms with E-state index in [1.807, 2.05) is 13.8 Å². The number of hydrogen-bond donors (Lipinski definition) is 3. The van der Waals surface area contributed by atoms with Gasteiger partial charge in [0.1, 0.15) is 5.70 Å². The lowest BCUT2D eigenvalue weighted by atomic mass is 10.2. The average Bonchev–Trinajstić information content (AvgIpc) is 2.22. The summed E-state index contributed by atoms with van der Waals surface area (Å²) >= 11 is 0. The van der Waals surface area contributed by atoms with Crippen molar-refractivity contribution in [3.05, 3.63) is 23.0 Å². The van der Waals surface area contributed by atoms with Crippen LogP contribution in [0.1, 0.15) is 27.2 Å². The molecule has 4 N–H and O–H groups in total. The molecule has 14 heavy (non-hydrogen) atoms. The molecule has 0 saturated carbocycles. The SMILES string of the molecule is CC/C(C)=C\NC(=O)/C(N)=C(\C)C=N. The highest BCUT2D eigenvalue weighted by Crippen LogP contribution is 1.97. The highest BCUT2D eigenvalue weighted by molar-refractivity contribution is 5.98. The molecule has 0 saturated heterocycles. The van der Waals surface area contributed by atoms with Gasteiger partial charge in [-0.3, -0.25) is 4.79 Å². The van der Waals surface area contributed by atoms with Crippen molar-refractivity contribution in [2.45, 2.75) is 27.2 Å². The highest BCUT2D eigenvalue weighted by atomic mass is 16.1. The Morgan fingerprint density at radius 3 is 2.50 bits per heavy atom. The molecule has 0 radical (unpaired) electrons. The molecule has 0 rings (SSSR count). The van der Waals surface area contributed by atoms with Crippen LogP contribution in [0.5, 0.6) is 0 Å². The molecular weight excluding hydrogens is 178 g/mol. The van der Waals surface area contributed by atoms with E-state index in [9.17, 15) is 4.79 Å². The summed E-state index contributed by atoms with van der Waals surface area (Å²) < 4.78 is 0. The van der Waals surface area contributed by atoms with E-state index < -0.39 is 0 Å². The summed E-state index contributed by atoms with van der Waals surface area (Å²) in [6, 6.07) is 0.